The summed E-state index contributed by atoms with van der Waals surface area (Å²) >= 11 is 0. The number of hydrogen-bond donors (Lipinski definition) is 2. The Hall–Kier alpha value is -1.39. The fraction of sp³-hybridized carbons (Fsp3) is 0.500. The van der Waals surface area contributed by atoms with Gasteiger partial charge in [-0.3, -0.25) is 10.2 Å². The van der Waals surface area contributed by atoms with Crippen molar-refractivity contribution in [2.75, 3.05) is 13.6 Å². The highest BCUT2D eigenvalue weighted by molar-refractivity contribution is 5.81. The summed E-state index contributed by atoms with van der Waals surface area (Å²) in [7, 11) is 2.01. The van der Waals surface area contributed by atoms with E-state index in [1.807, 2.05) is 33.0 Å². The second-order valence-corrected chi connectivity index (χ2v) is 5.46. The molecule has 0 aliphatic heterocycles. The van der Waals surface area contributed by atoms with Gasteiger partial charge in [-0.2, -0.15) is 0 Å². The van der Waals surface area contributed by atoms with Crippen molar-refractivity contribution in [3.63, 3.8) is 0 Å². The van der Waals surface area contributed by atoms with Gasteiger partial charge in [0.25, 0.3) is 0 Å². The SMILES string of the molecule is Cc1ccccc1CN(C)CC(C)(C)C(=O)NN. The Morgan fingerprint density at radius 3 is 2.56 bits per heavy atom. The molecule has 0 bridgehead atoms. The molecule has 1 aromatic carbocycles. The standard InChI is InChI=1S/C14H23N3O/c1-11-7-5-6-8-12(11)9-17(4)10-14(2,3)13(18)16-15/h5-8H,9-10,15H2,1-4H3,(H,16,18). The van der Waals surface area contributed by atoms with E-state index in [4.69, 9.17) is 5.84 Å². The molecule has 1 rings (SSSR count). The van der Waals surface area contributed by atoms with Gasteiger partial charge >= 0.3 is 0 Å². The highest BCUT2D eigenvalue weighted by atomic mass is 16.2. The second-order valence-electron chi connectivity index (χ2n) is 5.46. The monoisotopic (exact) mass is 249 g/mol. The lowest BCUT2D eigenvalue weighted by Gasteiger charge is -2.28. The van der Waals surface area contributed by atoms with Gasteiger partial charge in [0, 0.05) is 13.1 Å². The molecule has 4 nitrogen and oxygen atoms in total. The Bertz CT molecular complexity index is 415. The molecule has 1 amide bonds. The van der Waals surface area contributed by atoms with Gasteiger partial charge in [-0.15, -0.1) is 0 Å². The molecule has 4 heteroatoms. The van der Waals surface area contributed by atoms with Gasteiger partial charge in [-0.25, -0.2) is 5.84 Å². The van der Waals surface area contributed by atoms with Crippen molar-refractivity contribution < 1.29 is 4.79 Å². The van der Waals surface area contributed by atoms with Crippen molar-refractivity contribution in [3.8, 4) is 0 Å². The molecule has 0 aromatic heterocycles. The number of nitrogens with one attached hydrogen (secondary N) is 1. The normalized spacial score (nSPS) is 11.7. The zero-order chi connectivity index (χ0) is 13.8. The van der Waals surface area contributed by atoms with Crippen LogP contribution in [0, 0.1) is 12.3 Å². The van der Waals surface area contributed by atoms with Crippen molar-refractivity contribution in [2.45, 2.75) is 27.3 Å². The lowest BCUT2D eigenvalue weighted by Crippen LogP contribution is -2.46. The molecule has 0 unspecified atom stereocenters. The summed E-state index contributed by atoms with van der Waals surface area (Å²) in [6, 6.07) is 8.28. The number of carbonyl (C=O) groups excluding carboxylic acids is 1. The Morgan fingerprint density at radius 1 is 1.39 bits per heavy atom. The summed E-state index contributed by atoms with van der Waals surface area (Å²) in [4.78, 5) is 13.8. The van der Waals surface area contributed by atoms with E-state index >= 15 is 0 Å². The third-order valence-electron chi connectivity index (χ3n) is 3.11. The Morgan fingerprint density at radius 2 is 2.00 bits per heavy atom. The van der Waals surface area contributed by atoms with E-state index in [-0.39, 0.29) is 5.91 Å². The number of amides is 1. The number of rotatable bonds is 5. The summed E-state index contributed by atoms with van der Waals surface area (Å²) in [5, 5.41) is 0. The van der Waals surface area contributed by atoms with E-state index in [0.717, 1.165) is 6.54 Å². The van der Waals surface area contributed by atoms with Crippen molar-refractivity contribution in [1.29, 1.82) is 0 Å². The molecular formula is C14H23N3O. The van der Waals surface area contributed by atoms with E-state index in [1.54, 1.807) is 0 Å². The largest absolute Gasteiger partial charge is 0.301 e. The van der Waals surface area contributed by atoms with Crippen LogP contribution in [-0.4, -0.2) is 24.4 Å². The smallest absolute Gasteiger partial charge is 0.240 e. The van der Waals surface area contributed by atoms with Crippen molar-refractivity contribution in [1.82, 2.24) is 10.3 Å². The lowest BCUT2D eigenvalue weighted by molar-refractivity contribution is -0.130. The average molecular weight is 249 g/mol. The average Bonchev–Trinajstić information content (AvgIpc) is 2.30. The molecule has 0 heterocycles. The van der Waals surface area contributed by atoms with Gasteiger partial charge in [0.2, 0.25) is 5.91 Å². The van der Waals surface area contributed by atoms with Gasteiger partial charge in [-0.05, 0) is 38.9 Å². The summed E-state index contributed by atoms with van der Waals surface area (Å²) in [6.45, 7) is 7.37. The molecule has 0 saturated carbocycles. The minimum absolute atomic E-state index is 0.140. The highest BCUT2D eigenvalue weighted by Gasteiger charge is 2.28. The molecule has 100 valence electrons. The first kappa shape index (κ1) is 14.7. The fourth-order valence-electron chi connectivity index (χ4n) is 2.08. The van der Waals surface area contributed by atoms with Crippen LogP contribution in [0.2, 0.25) is 0 Å². The Kier molecular flexibility index (Phi) is 4.87. The molecule has 0 radical (unpaired) electrons. The molecule has 1 aromatic rings. The van der Waals surface area contributed by atoms with Crippen LogP contribution in [0.3, 0.4) is 0 Å². The van der Waals surface area contributed by atoms with Crippen LogP contribution < -0.4 is 11.3 Å². The number of hydrazine groups is 1. The van der Waals surface area contributed by atoms with Crippen molar-refractivity contribution in [3.05, 3.63) is 35.4 Å². The third kappa shape index (κ3) is 3.82. The Balaban J connectivity index is 2.65. The second kappa shape index (κ2) is 5.98. The summed E-state index contributed by atoms with van der Waals surface area (Å²) in [5.74, 6) is 5.05. The molecule has 0 spiro atoms. The highest BCUT2D eigenvalue weighted by Crippen LogP contribution is 2.18. The molecule has 3 N–H and O–H groups in total. The number of aryl methyl sites for hydroxylation is 1. The van der Waals surface area contributed by atoms with Crippen molar-refractivity contribution >= 4 is 5.91 Å². The molecule has 0 fully saturated rings. The summed E-state index contributed by atoms with van der Waals surface area (Å²) in [5.41, 5.74) is 4.28. The number of nitrogens with zero attached hydrogens (tertiary/aromatic N) is 1. The number of carbonyl (C=O) groups is 1. The van der Waals surface area contributed by atoms with Crippen LogP contribution in [-0.2, 0) is 11.3 Å². The molecule has 0 aliphatic rings. The maximum Gasteiger partial charge on any atom is 0.240 e. The minimum atomic E-state index is -0.494. The molecule has 0 aliphatic carbocycles. The van der Waals surface area contributed by atoms with Gasteiger partial charge in [0.05, 0.1) is 5.41 Å². The molecule has 0 atom stereocenters. The quantitative estimate of drug-likeness (QED) is 0.472. The Labute approximate surface area is 109 Å². The lowest BCUT2D eigenvalue weighted by atomic mass is 9.91. The first-order valence-electron chi connectivity index (χ1n) is 6.11. The van der Waals surface area contributed by atoms with E-state index in [2.05, 4.69) is 29.4 Å². The van der Waals surface area contributed by atoms with Crippen LogP contribution in [0.5, 0.6) is 0 Å². The minimum Gasteiger partial charge on any atom is -0.301 e. The van der Waals surface area contributed by atoms with Gasteiger partial charge < -0.3 is 4.90 Å². The van der Waals surface area contributed by atoms with Crippen LogP contribution in [0.4, 0.5) is 0 Å². The molecule has 0 saturated heterocycles. The first-order chi connectivity index (χ1) is 8.36. The molecular weight excluding hydrogens is 226 g/mol. The van der Waals surface area contributed by atoms with Gasteiger partial charge in [0.1, 0.15) is 0 Å². The molecule has 18 heavy (non-hydrogen) atoms. The first-order valence-corrected chi connectivity index (χ1v) is 6.11. The van der Waals surface area contributed by atoms with Crippen LogP contribution in [0.1, 0.15) is 25.0 Å². The van der Waals surface area contributed by atoms with E-state index in [9.17, 15) is 4.79 Å². The van der Waals surface area contributed by atoms with Crippen LogP contribution >= 0.6 is 0 Å². The topological polar surface area (TPSA) is 58.4 Å². The van der Waals surface area contributed by atoms with E-state index in [0.29, 0.717) is 6.54 Å². The predicted molar refractivity (Wildman–Crippen MR) is 73.6 cm³/mol. The van der Waals surface area contributed by atoms with Crippen LogP contribution in [0.25, 0.3) is 0 Å². The number of hydrogen-bond acceptors (Lipinski definition) is 3. The predicted octanol–water partition coefficient (Wildman–Crippen LogP) is 1.44. The van der Waals surface area contributed by atoms with Crippen LogP contribution in [0.15, 0.2) is 24.3 Å². The zero-order valence-corrected chi connectivity index (χ0v) is 11.7. The zero-order valence-electron chi connectivity index (χ0n) is 11.7. The third-order valence-corrected chi connectivity index (χ3v) is 3.11. The van der Waals surface area contributed by atoms with Gasteiger partial charge in [0.15, 0.2) is 0 Å². The van der Waals surface area contributed by atoms with E-state index < -0.39 is 5.41 Å². The fourth-order valence-corrected chi connectivity index (χ4v) is 2.08. The maximum atomic E-state index is 11.6. The summed E-state index contributed by atoms with van der Waals surface area (Å²) < 4.78 is 0. The van der Waals surface area contributed by atoms with Crippen molar-refractivity contribution in [2.24, 2.45) is 11.3 Å². The van der Waals surface area contributed by atoms with Gasteiger partial charge in [-0.1, -0.05) is 24.3 Å². The summed E-state index contributed by atoms with van der Waals surface area (Å²) in [6.07, 6.45) is 0. The number of benzene rings is 1. The maximum absolute atomic E-state index is 11.6. The van der Waals surface area contributed by atoms with E-state index in [1.165, 1.54) is 11.1 Å². The number of nitrogens with two attached hydrogens (primary N) is 1.